The zero-order valence-electron chi connectivity index (χ0n) is 18.3. The standard InChI is InChI=1S/C30H20N4/c1-2-8-27-22(5-1)6-3-9-28(27)23-12-16-25(17-13-23)30-33-20-32-29(34-30)24-14-10-21(11-15-24)26-7-4-18-31-19-26/h1-20H. The van der Waals surface area contributed by atoms with E-state index >= 15 is 0 Å². The van der Waals surface area contributed by atoms with Crippen molar-refractivity contribution >= 4 is 10.8 Å². The molecule has 0 unspecified atom stereocenters. The summed E-state index contributed by atoms with van der Waals surface area (Å²) in [6, 6.07) is 35.4. The third kappa shape index (κ3) is 3.82. The predicted octanol–water partition coefficient (Wildman–Crippen LogP) is 7.09. The molecule has 4 aromatic carbocycles. The van der Waals surface area contributed by atoms with Gasteiger partial charge >= 0.3 is 0 Å². The van der Waals surface area contributed by atoms with Crippen molar-refractivity contribution in [3.05, 3.63) is 122 Å². The summed E-state index contributed by atoms with van der Waals surface area (Å²) in [6.45, 7) is 0. The summed E-state index contributed by atoms with van der Waals surface area (Å²) in [5, 5.41) is 2.48. The molecule has 0 spiro atoms. The van der Waals surface area contributed by atoms with Crippen LogP contribution in [0.4, 0.5) is 0 Å². The van der Waals surface area contributed by atoms with Crippen LogP contribution < -0.4 is 0 Å². The SMILES string of the molecule is c1cncc(-c2ccc(-c3ncnc(-c4ccc(-c5cccc6ccccc56)cc4)n3)cc2)c1. The van der Waals surface area contributed by atoms with E-state index in [1.54, 1.807) is 12.5 Å². The molecule has 0 saturated carbocycles. The van der Waals surface area contributed by atoms with E-state index in [4.69, 9.17) is 4.98 Å². The first kappa shape index (κ1) is 19.9. The molecule has 0 aliphatic carbocycles. The number of hydrogen-bond donors (Lipinski definition) is 0. The summed E-state index contributed by atoms with van der Waals surface area (Å²) >= 11 is 0. The summed E-state index contributed by atoms with van der Waals surface area (Å²) < 4.78 is 0. The van der Waals surface area contributed by atoms with Crippen LogP contribution in [0.15, 0.2) is 122 Å². The molecule has 0 radical (unpaired) electrons. The zero-order valence-corrected chi connectivity index (χ0v) is 18.3. The van der Waals surface area contributed by atoms with Crippen molar-refractivity contribution in [3.8, 4) is 45.0 Å². The molecule has 6 aromatic rings. The average Bonchev–Trinajstić information content (AvgIpc) is 2.93. The minimum absolute atomic E-state index is 0.654. The zero-order chi connectivity index (χ0) is 22.7. The van der Waals surface area contributed by atoms with E-state index in [9.17, 15) is 0 Å². The maximum absolute atomic E-state index is 4.73. The van der Waals surface area contributed by atoms with Crippen molar-refractivity contribution in [1.82, 2.24) is 19.9 Å². The topological polar surface area (TPSA) is 51.6 Å². The van der Waals surface area contributed by atoms with Crippen LogP contribution in [0, 0.1) is 0 Å². The second kappa shape index (κ2) is 8.68. The van der Waals surface area contributed by atoms with Gasteiger partial charge in [-0.2, -0.15) is 0 Å². The van der Waals surface area contributed by atoms with E-state index in [1.165, 1.54) is 21.9 Å². The monoisotopic (exact) mass is 436 g/mol. The quantitative estimate of drug-likeness (QED) is 0.296. The van der Waals surface area contributed by atoms with Gasteiger partial charge in [0.2, 0.25) is 0 Å². The van der Waals surface area contributed by atoms with Gasteiger partial charge in [0, 0.05) is 23.5 Å². The summed E-state index contributed by atoms with van der Waals surface area (Å²) in [5.41, 5.74) is 6.48. The smallest absolute Gasteiger partial charge is 0.163 e. The molecule has 4 heteroatoms. The van der Waals surface area contributed by atoms with E-state index in [1.807, 2.05) is 30.5 Å². The molecule has 0 amide bonds. The first-order valence-electron chi connectivity index (χ1n) is 11.1. The van der Waals surface area contributed by atoms with Gasteiger partial charge in [-0.1, -0.05) is 97.1 Å². The Morgan fingerprint density at radius 2 is 1.12 bits per heavy atom. The van der Waals surface area contributed by atoms with Crippen LogP contribution in [-0.4, -0.2) is 19.9 Å². The van der Waals surface area contributed by atoms with Gasteiger partial charge in [-0.15, -0.1) is 0 Å². The van der Waals surface area contributed by atoms with Crippen molar-refractivity contribution in [2.75, 3.05) is 0 Å². The molecular weight excluding hydrogens is 416 g/mol. The molecule has 0 aliphatic rings. The van der Waals surface area contributed by atoms with E-state index in [0.29, 0.717) is 11.6 Å². The fourth-order valence-electron chi connectivity index (χ4n) is 4.20. The van der Waals surface area contributed by atoms with Gasteiger partial charge in [-0.3, -0.25) is 4.98 Å². The third-order valence-corrected chi connectivity index (χ3v) is 5.95. The molecular formula is C30H20N4. The maximum Gasteiger partial charge on any atom is 0.163 e. The number of aromatic nitrogens is 4. The fourth-order valence-corrected chi connectivity index (χ4v) is 4.20. The minimum Gasteiger partial charge on any atom is -0.264 e. The number of fused-ring (bicyclic) bond motifs is 1. The minimum atomic E-state index is 0.654. The Balaban J connectivity index is 1.30. The van der Waals surface area contributed by atoms with Crippen LogP contribution in [0.3, 0.4) is 0 Å². The highest BCUT2D eigenvalue weighted by atomic mass is 15.0. The second-order valence-electron chi connectivity index (χ2n) is 8.06. The van der Waals surface area contributed by atoms with Crippen LogP contribution in [0.1, 0.15) is 0 Å². The Morgan fingerprint density at radius 1 is 0.471 bits per heavy atom. The van der Waals surface area contributed by atoms with Crippen molar-refractivity contribution < 1.29 is 0 Å². The molecule has 4 nitrogen and oxygen atoms in total. The van der Waals surface area contributed by atoms with Crippen LogP contribution in [0.5, 0.6) is 0 Å². The Bertz CT molecular complexity index is 1570. The van der Waals surface area contributed by atoms with E-state index in [0.717, 1.165) is 22.3 Å². The van der Waals surface area contributed by atoms with Crippen molar-refractivity contribution in [2.24, 2.45) is 0 Å². The maximum atomic E-state index is 4.73. The van der Waals surface area contributed by atoms with Crippen LogP contribution in [-0.2, 0) is 0 Å². The molecule has 0 fully saturated rings. The highest BCUT2D eigenvalue weighted by Crippen LogP contribution is 2.30. The van der Waals surface area contributed by atoms with Crippen LogP contribution in [0.2, 0.25) is 0 Å². The molecule has 0 aliphatic heterocycles. The van der Waals surface area contributed by atoms with Gasteiger partial charge in [-0.25, -0.2) is 15.0 Å². The summed E-state index contributed by atoms with van der Waals surface area (Å²) in [7, 11) is 0. The molecule has 2 aromatic heterocycles. The summed E-state index contributed by atoms with van der Waals surface area (Å²) in [6.07, 6.45) is 5.21. The average molecular weight is 437 g/mol. The molecule has 34 heavy (non-hydrogen) atoms. The van der Waals surface area contributed by atoms with Gasteiger partial charge < -0.3 is 0 Å². The number of hydrogen-bond acceptors (Lipinski definition) is 4. The van der Waals surface area contributed by atoms with Gasteiger partial charge in [0.25, 0.3) is 0 Å². The lowest BCUT2D eigenvalue weighted by molar-refractivity contribution is 1.07. The van der Waals surface area contributed by atoms with Gasteiger partial charge in [0.15, 0.2) is 11.6 Å². The van der Waals surface area contributed by atoms with Crippen molar-refractivity contribution in [2.45, 2.75) is 0 Å². The summed E-state index contributed by atoms with van der Waals surface area (Å²) in [4.78, 5) is 17.8. The highest BCUT2D eigenvalue weighted by molar-refractivity contribution is 5.96. The molecule has 6 rings (SSSR count). The number of benzene rings is 4. The molecule has 0 N–H and O–H groups in total. The van der Waals surface area contributed by atoms with E-state index in [-0.39, 0.29) is 0 Å². The van der Waals surface area contributed by atoms with Crippen LogP contribution in [0.25, 0.3) is 55.8 Å². The fraction of sp³-hybridized carbons (Fsp3) is 0. The summed E-state index contributed by atoms with van der Waals surface area (Å²) in [5.74, 6) is 1.31. The van der Waals surface area contributed by atoms with Gasteiger partial charge in [0.1, 0.15) is 6.33 Å². The largest absolute Gasteiger partial charge is 0.264 e. The molecule has 0 saturated heterocycles. The molecule has 2 heterocycles. The highest BCUT2D eigenvalue weighted by Gasteiger charge is 2.09. The second-order valence-corrected chi connectivity index (χ2v) is 8.06. The first-order chi connectivity index (χ1) is 16.8. The van der Waals surface area contributed by atoms with Crippen molar-refractivity contribution in [1.29, 1.82) is 0 Å². The molecule has 0 atom stereocenters. The van der Waals surface area contributed by atoms with Crippen LogP contribution >= 0.6 is 0 Å². The Morgan fingerprint density at radius 3 is 1.82 bits per heavy atom. The van der Waals surface area contributed by atoms with Gasteiger partial charge in [0.05, 0.1) is 0 Å². The third-order valence-electron chi connectivity index (χ3n) is 5.95. The van der Waals surface area contributed by atoms with E-state index in [2.05, 4.69) is 93.8 Å². The normalized spacial score (nSPS) is 10.9. The van der Waals surface area contributed by atoms with Gasteiger partial charge in [-0.05, 0) is 39.1 Å². The first-order valence-corrected chi connectivity index (χ1v) is 11.1. The van der Waals surface area contributed by atoms with E-state index < -0.39 is 0 Å². The Labute approximate surface area is 197 Å². The lowest BCUT2D eigenvalue weighted by Crippen LogP contribution is -1.95. The predicted molar refractivity (Wildman–Crippen MR) is 137 cm³/mol. The Kier molecular flexibility index (Phi) is 5.09. The lowest BCUT2D eigenvalue weighted by Gasteiger charge is -2.08. The van der Waals surface area contributed by atoms with Crippen molar-refractivity contribution in [3.63, 3.8) is 0 Å². The lowest BCUT2D eigenvalue weighted by atomic mass is 9.97. The number of pyridine rings is 1. The molecule has 0 bridgehead atoms. The Hall–Kier alpha value is -4.70. The number of nitrogens with zero attached hydrogens (tertiary/aromatic N) is 4. The number of rotatable bonds is 4. The molecule has 160 valence electrons.